The lowest BCUT2D eigenvalue weighted by Crippen LogP contribution is -2.38. The molecule has 0 amide bonds. The molecule has 5 nitrogen and oxygen atoms in total. The minimum Gasteiger partial charge on any atom is -0.476 e. The molecule has 0 aliphatic rings. The van der Waals surface area contributed by atoms with E-state index in [9.17, 15) is 4.79 Å². The van der Waals surface area contributed by atoms with Crippen LogP contribution >= 0.6 is 0 Å². The number of aromatic nitrogens is 1. The molecule has 0 atom stereocenters. The standard InChI is InChI=1S/C11H18N2O3/c1-4-5-11(2,3)12-7-8-6-9(10(14)15)13-16-8/h6,12H,4-5,7H2,1-3H3,(H,14,15). The molecule has 0 unspecified atom stereocenters. The van der Waals surface area contributed by atoms with Gasteiger partial charge in [-0.3, -0.25) is 0 Å². The van der Waals surface area contributed by atoms with Gasteiger partial charge in [-0.05, 0) is 20.3 Å². The maximum Gasteiger partial charge on any atom is 0.358 e. The van der Waals surface area contributed by atoms with Gasteiger partial charge in [-0.2, -0.15) is 0 Å². The molecule has 0 radical (unpaired) electrons. The number of nitrogens with zero attached hydrogens (tertiary/aromatic N) is 1. The molecule has 1 rings (SSSR count). The first-order valence-electron chi connectivity index (χ1n) is 5.38. The van der Waals surface area contributed by atoms with Crippen molar-refractivity contribution in [2.24, 2.45) is 0 Å². The number of carbonyl (C=O) groups is 1. The fourth-order valence-electron chi connectivity index (χ4n) is 1.54. The number of carboxylic acids is 1. The molecule has 0 bridgehead atoms. The van der Waals surface area contributed by atoms with Gasteiger partial charge in [0.05, 0.1) is 6.54 Å². The van der Waals surface area contributed by atoms with Crippen LogP contribution in [0.3, 0.4) is 0 Å². The Hall–Kier alpha value is -1.36. The zero-order chi connectivity index (χ0) is 12.2. The average Bonchev–Trinajstić information content (AvgIpc) is 2.63. The van der Waals surface area contributed by atoms with Crippen molar-refractivity contribution in [2.75, 3.05) is 0 Å². The van der Waals surface area contributed by atoms with Gasteiger partial charge >= 0.3 is 5.97 Å². The normalized spacial score (nSPS) is 11.7. The first-order chi connectivity index (χ1) is 7.44. The van der Waals surface area contributed by atoms with Crippen LogP contribution in [0.5, 0.6) is 0 Å². The van der Waals surface area contributed by atoms with Crippen molar-refractivity contribution in [3.8, 4) is 0 Å². The summed E-state index contributed by atoms with van der Waals surface area (Å²) in [6.45, 7) is 6.82. The molecule has 0 spiro atoms. The first-order valence-corrected chi connectivity index (χ1v) is 5.38. The second-order valence-corrected chi connectivity index (χ2v) is 4.47. The fourth-order valence-corrected chi connectivity index (χ4v) is 1.54. The van der Waals surface area contributed by atoms with Gasteiger partial charge in [-0.15, -0.1) is 0 Å². The Bertz CT molecular complexity index is 358. The molecule has 0 saturated heterocycles. The lowest BCUT2D eigenvalue weighted by atomic mass is 9.99. The third-order valence-corrected chi connectivity index (χ3v) is 2.39. The second kappa shape index (κ2) is 5.12. The molecule has 0 fully saturated rings. The van der Waals surface area contributed by atoms with Crippen molar-refractivity contribution >= 4 is 5.97 Å². The number of carboxylic acid groups (broad SMARTS) is 1. The summed E-state index contributed by atoms with van der Waals surface area (Å²) >= 11 is 0. The predicted molar refractivity (Wildman–Crippen MR) is 59.3 cm³/mol. The van der Waals surface area contributed by atoms with E-state index in [1.165, 1.54) is 6.07 Å². The molecule has 0 saturated carbocycles. The average molecular weight is 226 g/mol. The van der Waals surface area contributed by atoms with Gasteiger partial charge in [0.15, 0.2) is 11.5 Å². The summed E-state index contributed by atoms with van der Waals surface area (Å²) in [5, 5.41) is 15.4. The second-order valence-electron chi connectivity index (χ2n) is 4.47. The lowest BCUT2D eigenvalue weighted by Gasteiger charge is -2.25. The minimum atomic E-state index is -1.07. The van der Waals surface area contributed by atoms with E-state index in [2.05, 4.69) is 31.2 Å². The summed E-state index contributed by atoms with van der Waals surface area (Å²) in [4.78, 5) is 10.6. The Morgan fingerprint density at radius 1 is 1.62 bits per heavy atom. The van der Waals surface area contributed by atoms with Gasteiger partial charge in [0.1, 0.15) is 0 Å². The Morgan fingerprint density at radius 3 is 2.81 bits per heavy atom. The van der Waals surface area contributed by atoms with E-state index in [0.29, 0.717) is 12.3 Å². The van der Waals surface area contributed by atoms with Crippen molar-refractivity contribution in [2.45, 2.75) is 45.7 Å². The summed E-state index contributed by atoms with van der Waals surface area (Å²) in [6, 6.07) is 1.44. The highest BCUT2D eigenvalue weighted by Crippen LogP contribution is 2.12. The third kappa shape index (κ3) is 3.66. The van der Waals surface area contributed by atoms with E-state index in [0.717, 1.165) is 12.8 Å². The van der Waals surface area contributed by atoms with Crippen LogP contribution in [0.1, 0.15) is 49.9 Å². The van der Waals surface area contributed by atoms with Crippen molar-refractivity contribution < 1.29 is 14.4 Å². The highest BCUT2D eigenvalue weighted by atomic mass is 16.5. The molecular formula is C11H18N2O3. The van der Waals surface area contributed by atoms with Crippen molar-refractivity contribution in [1.29, 1.82) is 0 Å². The molecule has 2 N–H and O–H groups in total. The monoisotopic (exact) mass is 226 g/mol. The maximum absolute atomic E-state index is 10.6. The molecular weight excluding hydrogens is 208 g/mol. The number of rotatable bonds is 6. The van der Waals surface area contributed by atoms with Crippen LogP contribution in [0.4, 0.5) is 0 Å². The molecule has 1 heterocycles. The number of aromatic carboxylic acids is 1. The van der Waals surface area contributed by atoms with Crippen LogP contribution in [0.25, 0.3) is 0 Å². The molecule has 1 aromatic heterocycles. The van der Waals surface area contributed by atoms with E-state index in [4.69, 9.17) is 9.63 Å². The maximum atomic E-state index is 10.6. The van der Waals surface area contributed by atoms with Crippen LogP contribution in [0, 0.1) is 0 Å². The largest absolute Gasteiger partial charge is 0.476 e. The minimum absolute atomic E-state index is 0.0188. The van der Waals surface area contributed by atoms with E-state index in [-0.39, 0.29) is 11.2 Å². The van der Waals surface area contributed by atoms with Gasteiger partial charge < -0.3 is 14.9 Å². The lowest BCUT2D eigenvalue weighted by molar-refractivity contribution is 0.0685. The Morgan fingerprint density at radius 2 is 2.31 bits per heavy atom. The Labute approximate surface area is 94.8 Å². The Kier molecular flexibility index (Phi) is 4.06. The zero-order valence-electron chi connectivity index (χ0n) is 9.91. The van der Waals surface area contributed by atoms with Crippen LogP contribution < -0.4 is 5.32 Å². The molecule has 5 heteroatoms. The van der Waals surface area contributed by atoms with Crippen LogP contribution in [-0.4, -0.2) is 21.8 Å². The van der Waals surface area contributed by atoms with Crippen molar-refractivity contribution in [3.63, 3.8) is 0 Å². The van der Waals surface area contributed by atoms with Crippen molar-refractivity contribution in [3.05, 3.63) is 17.5 Å². The summed E-state index contributed by atoms with van der Waals surface area (Å²) in [6.07, 6.45) is 2.14. The quantitative estimate of drug-likeness (QED) is 0.776. The highest BCUT2D eigenvalue weighted by molar-refractivity contribution is 5.85. The summed E-state index contributed by atoms with van der Waals surface area (Å²) in [5.41, 5.74) is -0.0321. The smallest absolute Gasteiger partial charge is 0.358 e. The van der Waals surface area contributed by atoms with Gasteiger partial charge in [0.2, 0.25) is 0 Å². The van der Waals surface area contributed by atoms with Gasteiger partial charge in [-0.1, -0.05) is 18.5 Å². The molecule has 0 aliphatic carbocycles. The van der Waals surface area contributed by atoms with Gasteiger partial charge in [-0.25, -0.2) is 4.79 Å². The predicted octanol–water partition coefficient (Wildman–Crippen LogP) is 2.04. The first kappa shape index (κ1) is 12.7. The number of hydrogen-bond acceptors (Lipinski definition) is 4. The Balaban J connectivity index is 2.51. The zero-order valence-corrected chi connectivity index (χ0v) is 9.91. The number of nitrogens with one attached hydrogen (secondary N) is 1. The SMILES string of the molecule is CCCC(C)(C)NCc1cc(C(=O)O)no1. The number of hydrogen-bond donors (Lipinski definition) is 2. The molecule has 0 aromatic carbocycles. The van der Waals surface area contributed by atoms with Crippen molar-refractivity contribution in [1.82, 2.24) is 10.5 Å². The van der Waals surface area contributed by atoms with E-state index in [1.807, 2.05) is 0 Å². The molecule has 1 aromatic rings. The molecule has 90 valence electrons. The fraction of sp³-hybridized carbons (Fsp3) is 0.636. The summed E-state index contributed by atoms with van der Waals surface area (Å²) in [7, 11) is 0. The van der Waals surface area contributed by atoms with Gasteiger partial charge in [0.25, 0.3) is 0 Å². The van der Waals surface area contributed by atoms with Crippen LogP contribution in [0.15, 0.2) is 10.6 Å². The third-order valence-electron chi connectivity index (χ3n) is 2.39. The van der Waals surface area contributed by atoms with Crippen LogP contribution in [-0.2, 0) is 6.54 Å². The summed E-state index contributed by atoms with van der Waals surface area (Å²) < 4.78 is 4.91. The summed E-state index contributed by atoms with van der Waals surface area (Å²) in [5.74, 6) is -0.524. The van der Waals surface area contributed by atoms with E-state index >= 15 is 0 Å². The highest BCUT2D eigenvalue weighted by Gasteiger charge is 2.17. The topological polar surface area (TPSA) is 75.4 Å². The van der Waals surface area contributed by atoms with Gasteiger partial charge in [0, 0.05) is 11.6 Å². The van der Waals surface area contributed by atoms with E-state index < -0.39 is 5.97 Å². The van der Waals surface area contributed by atoms with E-state index in [1.54, 1.807) is 0 Å². The van der Waals surface area contributed by atoms with Crippen LogP contribution in [0.2, 0.25) is 0 Å². The molecule has 0 aliphatic heterocycles. The molecule has 16 heavy (non-hydrogen) atoms.